The molecule has 3 amide bonds. The van der Waals surface area contributed by atoms with Crippen LogP contribution in [0.1, 0.15) is 39.0 Å². The Morgan fingerprint density at radius 2 is 1.84 bits per heavy atom. The molecule has 3 N–H and O–H groups in total. The number of hydrogen-bond donors (Lipinski definition) is 3. The minimum absolute atomic E-state index is 0.178. The van der Waals surface area contributed by atoms with Gasteiger partial charge in [-0.15, -0.1) is 0 Å². The average Bonchev–Trinajstić information content (AvgIpc) is 2.35. The molecule has 1 rings (SSSR count). The molecule has 1 fully saturated rings. The number of amides is 3. The number of nitrogens with one attached hydrogen (secondary N) is 3. The number of rotatable bonds is 3. The van der Waals surface area contributed by atoms with Gasteiger partial charge in [-0.1, -0.05) is 0 Å². The zero-order valence-electron chi connectivity index (χ0n) is 12.5. The first-order valence-electron chi connectivity index (χ1n) is 7.18. The first-order valence-corrected chi connectivity index (χ1v) is 17.4. The summed E-state index contributed by atoms with van der Waals surface area (Å²) in [5, 5.41) is 2.97. The zero-order chi connectivity index (χ0) is 14.5. The summed E-state index contributed by atoms with van der Waals surface area (Å²) in [5.74, 6) is -0.178. The van der Waals surface area contributed by atoms with Crippen LogP contribution in [-0.4, -0.2) is 36.4 Å². The fraction of sp³-hybridized carbons (Fsp3) is 0.846. The number of carbonyl (C=O) groups is 2. The van der Waals surface area contributed by atoms with Crippen LogP contribution in [0.3, 0.4) is 0 Å². The fourth-order valence-corrected chi connectivity index (χ4v) is 8.43. The summed E-state index contributed by atoms with van der Waals surface area (Å²) in [5.41, 5.74) is 4.78. The van der Waals surface area contributed by atoms with Crippen molar-refractivity contribution in [1.29, 1.82) is 0 Å². The summed E-state index contributed by atoms with van der Waals surface area (Å²) >= 11 is -1.86. The second-order valence-electron chi connectivity index (χ2n) is 6.43. The molecule has 110 valence electrons. The fourth-order valence-electron chi connectivity index (χ4n) is 2.54. The Morgan fingerprint density at radius 3 is 2.42 bits per heavy atom. The Labute approximate surface area is 120 Å². The Hall–Kier alpha value is -0.461. The molecule has 6 heteroatoms. The Bertz CT molecular complexity index is 328. The number of hydrazine groups is 1. The van der Waals surface area contributed by atoms with Gasteiger partial charge in [-0.3, -0.25) is 0 Å². The molecule has 2 atom stereocenters. The van der Waals surface area contributed by atoms with Crippen molar-refractivity contribution in [2.75, 3.05) is 0 Å². The molecule has 0 radical (unpaired) electrons. The van der Waals surface area contributed by atoms with E-state index in [4.69, 9.17) is 0 Å². The van der Waals surface area contributed by atoms with Gasteiger partial charge in [0, 0.05) is 0 Å². The molecule has 0 aliphatic heterocycles. The molecule has 19 heavy (non-hydrogen) atoms. The number of hydrogen-bond acceptors (Lipinski definition) is 2. The van der Waals surface area contributed by atoms with Crippen molar-refractivity contribution >= 4 is 30.3 Å². The van der Waals surface area contributed by atoms with Gasteiger partial charge in [0.1, 0.15) is 0 Å². The predicted molar refractivity (Wildman–Crippen MR) is 79.5 cm³/mol. The Morgan fingerprint density at radius 1 is 1.16 bits per heavy atom. The molecule has 0 spiro atoms. The monoisotopic (exact) mass is 377 g/mol. The molecule has 0 heterocycles. The van der Waals surface area contributed by atoms with Gasteiger partial charge in [-0.05, 0) is 0 Å². The predicted octanol–water partition coefficient (Wildman–Crippen LogP) is 2.38. The van der Waals surface area contributed by atoms with E-state index >= 15 is 0 Å². The third-order valence-corrected chi connectivity index (χ3v) is 12.4. The van der Waals surface area contributed by atoms with E-state index in [-0.39, 0.29) is 18.0 Å². The first kappa shape index (κ1) is 16.6. The van der Waals surface area contributed by atoms with Crippen LogP contribution in [-0.2, 0) is 4.79 Å². The van der Waals surface area contributed by atoms with Crippen molar-refractivity contribution in [3.05, 3.63) is 0 Å². The summed E-state index contributed by atoms with van der Waals surface area (Å²) in [4.78, 5) is 30.1. The third kappa shape index (κ3) is 6.01. The van der Waals surface area contributed by atoms with Crippen molar-refractivity contribution in [3.8, 4) is 0 Å². The van der Waals surface area contributed by atoms with Crippen LogP contribution in [0.15, 0.2) is 0 Å². The van der Waals surface area contributed by atoms with Gasteiger partial charge in [0.25, 0.3) is 0 Å². The Balaban J connectivity index is 2.36. The van der Waals surface area contributed by atoms with Gasteiger partial charge in [0.05, 0.1) is 0 Å². The summed E-state index contributed by atoms with van der Waals surface area (Å²) in [7, 11) is 0. The van der Waals surface area contributed by atoms with Gasteiger partial charge in [0.2, 0.25) is 0 Å². The van der Waals surface area contributed by atoms with Crippen LogP contribution >= 0.6 is 0 Å². The molecule has 1 aliphatic rings. The molecular weight excluding hydrogens is 349 g/mol. The van der Waals surface area contributed by atoms with Gasteiger partial charge < -0.3 is 0 Å². The van der Waals surface area contributed by atoms with E-state index in [9.17, 15) is 9.59 Å². The first-order chi connectivity index (χ1) is 8.82. The molecule has 1 saturated carbocycles. The van der Waals surface area contributed by atoms with Crippen molar-refractivity contribution in [2.45, 2.75) is 63.8 Å². The molecule has 0 aromatic heterocycles. The minimum atomic E-state index is -1.86. The van der Waals surface area contributed by atoms with E-state index in [1.807, 2.05) is 0 Å². The van der Waals surface area contributed by atoms with Crippen molar-refractivity contribution in [3.63, 3.8) is 0 Å². The summed E-state index contributed by atoms with van der Waals surface area (Å²) in [6.45, 7) is 1.75. The summed E-state index contributed by atoms with van der Waals surface area (Å²) < 4.78 is 0.846. The van der Waals surface area contributed by atoms with Gasteiger partial charge in [0.15, 0.2) is 0 Å². The summed E-state index contributed by atoms with van der Waals surface area (Å²) in [6.07, 6.45) is 5.05. The van der Waals surface area contributed by atoms with Crippen LogP contribution in [0.25, 0.3) is 0 Å². The van der Waals surface area contributed by atoms with E-state index in [1.165, 1.54) is 12.8 Å². The average molecular weight is 376 g/mol. The third-order valence-electron chi connectivity index (χ3n) is 3.87. The number of urea groups is 1. The maximum absolute atomic E-state index is 11.7. The molecule has 0 saturated heterocycles. The SMILES string of the molecule is CCC(=O)NNC(=O)NC1CCC[CH]([Sn]([CH3])([CH3])[CH3])C1. The molecule has 1 aliphatic carbocycles. The van der Waals surface area contributed by atoms with Crippen LogP contribution in [0.4, 0.5) is 4.79 Å². The van der Waals surface area contributed by atoms with Crippen LogP contribution < -0.4 is 16.2 Å². The van der Waals surface area contributed by atoms with E-state index in [0.717, 1.165) is 16.8 Å². The van der Waals surface area contributed by atoms with Crippen molar-refractivity contribution in [1.82, 2.24) is 16.2 Å². The van der Waals surface area contributed by atoms with Crippen molar-refractivity contribution < 1.29 is 9.59 Å². The number of carbonyl (C=O) groups excluding carboxylic acids is 2. The maximum atomic E-state index is 11.7. The van der Waals surface area contributed by atoms with Crippen molar-refractivity contribution in [2.24, 2.45) is 0 Å². The van der Waals surface area contributed by atoms with E-state index < -0.39 is 18.4 Å². The standard InChI is InChI=1S/C10H18N3O2.3CH3.Sn/c1-2-9(14)12-13-10(15)11-8-6-4-3-5-7-8;;;;/h4,8H,2-3,5-7H2,1H3,(H,12,14)(H2,11,13,15);3*1H3;. The van der Waals surface area contributed by atoms with Gasteiger partial charge in [-0.2, -0.15) is 0 Å². The second-order valence-corrected chi connectivity index (χ2v) is 22.3. The quantitative estimate of drug-likeness (QED) is 0.523. The van der Waals surface area contributed by atoms with E-state index in [0.29, 0.717) is 6.42 Å². The Kier molecular flexibility index (Phi) is 6.42. The van der Waals surface area contributed by atoms with E-state index in [2.05, 4.69) is 31.0 Å². The molecule has 5 nitrogen and oxygen atoms in total. The van der Waals surface area contributed by atoms with Gasteiger partial charge in [-0.25, -0.2) is 0 Å². The molecule has 0 bridgehead atoms. The molecule has 0 aromatic carbocycles. The summed E-state index contributed by atoms with van der Waals surface area (Å²) in [6, 6.07) is -0.0373. The molecular formula is C13H27N3O2Sn. The second kappa shape index (κ2) is 7.36. The van der Waals surface area contributed by atoms with Crippen LogP contribution in [0, 0.1) is 0 Å². The molecule has 0 aromatic rings. The van der Waals surface area contributed by atoms with Gasteiger partial charge >= 0.3 is 120 Å². The van der Waals surface area contributed by atoms with Crippen LogP contribution in [0.5, 0.6) is 0 Å². The topological polar surface area (TPSA) is 70.2 Å². The molecule has 2 unspecified atom stereocenters. The van der Waals surface area contributed by atoms with Crippen LogP contribution in [0.2, 0.25) is 18.8 Å². The zero-order valence-corrected chi connectivity index (χ0v) is 15.4. The van der Waals surface area contributed by atoms with E-state index in [1.54, 1.807) is 6.92 Å². The normalized spacial score (nSPS) is 23.6.